The molecule has 0 aliphatic carbocycles. The number of carbonyl (C=O) groups is 1. The lowest BCUT2D eigenvalue weighted by molar-refractivity contribution is -0.301. The van der Waals surface area contributed by atoms with Crippen LogP contribution in [0.25, 0.3) is 0 Å². The van der Waals surface area contributed by atoms with Gasteiger partial charge in [-0.25, -0.2) is 8.78 Å². The van der Waals surface area contributed by atoms with Gasteiger partial charge < -0.3 is 4.74 Å². The molecular formula is C17H27F7O2. The van der Waals surface area contributed by atoms with Gasteiger partial charge in [0, 0.05) is 6.42 Å². The number of alkyl halides is 7. The number of rotatable bonds is 10. The van der Waals surface area contributed by atoms with Crippen molar-refractivity contribution in [2.24, 2.45) is 11.3 Å². The fraction of sp³-hybridized carbons (Fsp3) is 0.941. The standard InChI is InChI=1S/C17H27F7O2/c1-6-14(4,5)13(25)26-12(9-11(2)3)7-8-15(18,19)10-16(20,21)17(22,23)24/h11-12H,6-10H2,1-5H3. The van der Waals surface area contributed by atoms with Gasteiger partial charge in [0.1, 0.15) is 6.10 Å². The SMILES string of the molecule is CCC(C)(C)C(=O)OC(CCC(F)(F)CC(F)(F)C(F)(F)F)CC(C)C. The van der Waals surface area contributed by atoms with Gasteiger partial charge in [0.25, 0.3) is 5.92 Å². The van der Waals surface area contributed by atoms with Crippen molar-refractivity contribution < 1.29 is 40.3 Å². The minimum Gasteiger partial charge on any atom is -0.462 e. The van der Waals surface area contributed by atoms with E-state index in [9.17, 15) is 35.5 Å². The first-order valence-corrected chi connectivity index (χ1v) is 8.47. The first-order chi connectivity index (χ1) is 11.4. The van der Waals surface area contributed by atoms with Crippen LogP contribution in [0.2, 0.25) is 0 Å². The van der Waals surface area contributed by atoms with Crippen molar-refractivity contribution in [3.63, 3.8) is 0 Å². The minimum atomic E-state index is -6.04. The summed E-state index contributed by atoms with van der Waals surface area (Å²) in [6, 6.07) is 0. The average Bonchev–Trinajstić information content (AvgIpc) is 2.41. The monoisotopic (exact) mass is 396 g/mol. The lowest BCUT2D eigenvalue weighted by Crippen LogP contribution is -2.42. The quantitative estimate of drug-likeness (QED) is 0.316. The van der Waals surface area contributed by atoms with E-state index < -0.39 is 54.8 Å². The summed E-state index contributed by atoms with van der Waals surface area (Å²) < 4.78 is 94.7. The Morgan fingerprint density at radius 2 is 1.50 bits per heavy atom. The molecule has 0 aromatic heterocycles. The van der Waals surface area contributed by atoms with Crippen LogP contribution in [0.1, 0.15) is 66.7 Å². The van der Waals surface area contributed by atoms with E-state index in [-0.39, 0.29) is 12.3 Å². The molecule has 156 valence electrons. The Hall–Kier alpha value is -1.02. The molecule has 2 nitrogen and oxygen atoms in total. The average molecular weight is 396 g/mol. The second-order valence-corrected chi connectivity index (χ2v) is 7.67. The highest BCUT2D eigenvalue weighted by atomic mass is 19.4. The van der Waals surface area contributed by atoms with Gasteiger partial charge in [-0.05, 0) is 39.0 Å². The van der Waals surface area contributed by atoms with Gasteiger partial charge in [-0.15, -0.1) is 0 Å². The number of esters is 1. The Balaban J connectivity index is 5.00. The number of hydrogen-bond acceptors (Lipinski definition) is 2. The highest BCUT2D eigenvalue weighted by Crippen LogP contribution is 2.44. The van der Waals surface area contributed by atoms with Crippen LogP contribution < -0.4 is 0 Å². The van der Waals surface area contributed by atoms with Crippen LogP contribution in [-0.4, -0.2) is 30.1 Å². The van der Waals surface area contributed by atoms with Crippen LogP contribution in [0.4, 0.5) is 30.7 Å². The largest absolute Gasteiger partial charge is 0.462 e. The van der Waals surface area contributed by atoms with Crippen molar-refractivity contribution in [1.82, 2.24) is 0 Å². The Morgan fingerprint density at radius 1 is 1.00 bits per heavy atom. The van der Waals surface area contributed by atoms with Crippen LogP contribution in [0.3, 0.4) is 0 Å². The highest BCUT2D eigenvalue weighted by molar-refractivity contribution is 5.75. The van der Waals surface area contributed by atoms with Gasteiger partial charge in [0.05, 0.1) is 11.8 Å². The van der Waals surface area contributed by atoms with Gasteiger partial charge >= 0.3 is 18.1 Å². The van der Waals surface area contributed by atoms with Gasteiger partial charge in [0.2, 0.25) is 0 Å². The fourth-order valence-corrected chi connectivity index (χ4v) is 2.09. The molecule has 0 N–H and O–H groups in total. The molecule has 1 unspecified atom stereocenters. The van der Waals surface area contributed by atoms with Crippen LogP contribution in [0.15, 0.2) is 0 Å². The van der Waals surface area contributed by atoms with Crippen LogP contribution in [-0.2, 0) is 9.53 Å². The van der Waals surface area contributed by atoms with E-state index in [4.69, 9.17) is 4.74 Å². The van der Waals surface area contributed by atoms with Crippen LogP contribution in [0, 0.1) is 11.3 Å². The highest BCUT2D eigenvalue weighted by Gasteiger charge is 2.61. The predicted octanol–water partition coefficient (Wildman–Crippen LogP) is 6.38. The first kappa shape index (κ1) is 25.0. The molecule has 26 heavy (non-hydrogen) atoms. The smallest absolute Gasteiger partial charge is 0.453 e. The van der Waals surface area contributed by atoms with E-state index in [0.717, 1.165) is 0 Å². The van der Waals surface area contributed by atoms with Crippen molar-refractivity contribution in [2.75, 3.05) is 0 Å². The molecule has 0 fully saturated rings. The molecule has 0 saturated heterocycles. The maximum atomic E-state index is 13.7. The van der Waals surface area contributed by atoms with Crippen LogP contribution in [0.5, 0.6) is 0 Å². The molecule has 0 rings (SSSR count). The molecule has 0 radical (unpaired) electrons. The Labute approximate surface area is 149 Å². The molecular weight excluding hydrogens is 369 g/mol. The summed E-state index contributed by atoms with van der Waals surface area (Å²) in [4.78, 5) is 12.1. The van der Waals surface area contributed by atoms with E-state index in [1.165, 1.54) is 0 Å². The molecule has 9 heteroatoms. The molecule has 0 saturated carbocycles. The Bertz CT molecular complexity index is 457. The molecule has 0 aromatic rings. The van der Waals surface area contributed by atoms with Crippen molar-refractivity contribution in [3.8, 4) is 0 Å². The maximum absolute atomic E-state index is 13.7. The lowest BCUT2D eigenvalue weighted by atomic mass is 9.90. The van der Waals surface area contributed by atoms with Gasteiger partial charge in [0.15, 0.2) is 0 Å². The Morgan fingerprint density at radius 3 is 1.88 bits per heavy atom. The lowest BCUT2D eigenvalue weighted by Gasteiger charge is -2.29. The fourth-order valence-electron chi connectivity index (χ4n) is 2.09. The summed E-state index contributed by atoms with van der Waals surface area (Å²) in [6.45, 7) is 8.47. The number of halogens is 7. The summed E-state index contributed by atoms with van der Waals surface area (Å²) in [5.41, 5.74) is -0.846. The molecule has 0 aromatic carbocycles. The second kappa shape index (κ2) is 8.78. The molecule has 0 amide bonds. The van der Waals surface area contributed by atoms with Gasteiger partial charge in [-0.1, -0.05) is 20.8 Å². The second-order valence-electron chi connectivity index (χ2n) is 7.67. The number of ether oxygens (including phenoxy) is 1. The third-order valence-corrected chi connectivity index (χ3v) is 4.17. The molecule has 0 aliphatic heterocycles. The van der Waals surface area contributed by atoms with Crippen molar-refractivity contribution in [1.29, 1.82) is 0 Å². The maximum Gasteiger partial charge on any atom is 0.453 e. The summed E-state index contributed by atoms with van der Waals surface area (Å²) in [7, 11) is 0. The molecule has 0 bridgehead atoms. The Kier molecular flexibility index (Phi) is 8.43. The van der Waals surface area contributed by atoms with Crippen molar-refractivity contribution in [3.05, 3.63) is 0 Å². The van der Waals surface area contributed by atoms with E-state index in [2.05, 4.69) is 0 Å². The summed E-state index contributed by atoms with van der Waals surface area (Å²) in [5, 5.41) is 0. The van der Waals surface area contributed by atoms with E-state index in [1.807, 2.05) is 0 Å². The van der Waals surface area contributed by atoms with E-state index in [1.54, 1.807) is 34.6 Å². The summed E-state index contributed by atoms with van der Waals surface area (Å²) in [6.07, 6.45) is -10.7. The predicted molar refractivity (Wildman–Crippen MR) is 83.2 cm³/mol. The molecule has 0 aliphatic rings. The first-order valence-electron chi connectivity index (χ1n) is 8.47. The minimum absolute atomic E-state index is 0.0391. The van der Waals surface area contributed by atoms with Gasteiger partial charge in [-0.2, -0.15) is 22.0 Å². The third-order valence-electron chi connectivity index (χ3n) is 4.17. The third kappa shape index (κ3) is 8.12. The zero-order valence-electron chi connectivity index (χ0n) is 15.7. The van der Waals surface area contributed by atoms with E-state index in [0.29, 0.717) is 6.42 Å². The summed E-state index contributed by atoms with van der Waals surface area (Å²) in [5.74, 6) is -10.4. The number of carbonyl (C=O) groups excluding carboxylic acids is 1. The van der Waals surface area contributed by atoms with E-state index >= 15 is 0 Å². The normalized spacial score (nSPS) is 15.3. The zero-order chi connectivity index (χ0) is 21.0. The van der Waals surface area contributed by atoms with Crippen molar-refractivity contribution >= 4 is 5.97 Å². The summed E-state index contributed by atoms with van der Waals surface area (Å²) >= 11 is 0. The number of hydrogen-bond donors (Lipinski definition) is 0. The topological polar surface area (TPSA) is 26.3 Å². The molecule has 0 heterocycles. The molecule has 1 atom stereocenters. The zero-order valence-corrected chi connectivity index (χ0v) is 15.7. The van der Waals surface area contributed by atoms with Crippen molar-refractivity contribution in [2.45, 2.75) is 90.8 Å². The van der Waals surface area contributed by atoms with Gasteiger partial charge in [-0.3, -0.25) is 4.79 Å². The van der Waals surface area contributed by atoms with Crippen LogP contribution >= 0.6 is 0 Å². The molecule has 0 spiro atoms.